The molecule has 1 N–H and O–H groups in total. The molecule has 1 fully saturated rings. The first kappa shape index (κ1) is 15.9. The quantitative estimate of drug-likeness (QED) is 0.849. The fourth-order valence-corrected chi connectivity index (χ4v) is 3.44. The van der Waals surface area contributed by atoms with E-state index in [-0.39, 0.29) is 5.91 Å². The molecule has 21 heavy (non-hydrogen) atoms. The fourth-order valence-electron chi connectivity index (χ4n) is 2.60. The molecule has 1 aromatic carbocycles. The van der Waals surface area contributed by atoms with Gasteiger partial charge < -0.3 is 10.0 Å². The van der Waals surface area contributed by atoms with Gasteiger partial charge in [0.2, 0.25) is 5.91 Å². The molecule has 1 amide bonds. The third-order valence-corrected chi connectivity index (χ3v) is 4.83. The number of amides is 1. The topological polar surface area (TPSA) is 64.3 Å². The van der Waals surface area contributed by atoms with Crippen LogP contribution >= 0.6 is 11.8 Å². The van der Waals surface area contributed by atoms with Crippen molar-refractivity contribution in [2.45, 2.75) is 36.2 Å². The largest absolute Gasteiger partial charge is 0.388 e. The van der Waals surface area contributed by atoms with Gasteiger partial charge in [-0.15, -0.1) is 11.8 Å². The number of rotatable bonds is 5. The van der Waals surface area contributed by atoms with Crippen LogP contribution in [0, 0.1) is 11.3 Å². The van der Waals surface area contributed by atoms with Gasteiger partial charge in [0.15, 0.2) is 0 Å². The van der Waals surface area contributed by atoms with Crippen molar-refractivity contribution < 1.29 is 9.90 Å². The summed E-state index contributed by atoms with van der Waals surface area (Å²) in [6.45, 7) is 0.416. The maximum Gasteiger partial charge on any atom is 0.232 e. The van der Waals surface area contributed by atoms with Crippen molar-refractivity contribution in [2.75, 3.05) is 19.3 Å². The maximum absolute atomic E-state index is 12.1. The van der Waals surface area contributed by atoms with Gasteiger partial charge >= 0.3 is 0 Å². The van der Waals surface area contributed by atoms with Gasteiger partial charge in [-0.25, -0.2) is 0 Å². The number of carbonyl (C=O) groups is 1. The molecule has 0 spiro atoms. The molecule has 5 heteroatoms. The number of nitrogens with zero attached hydrogens (tertiary/aromatic N) is 2. The minimum Gasteiger partial charge on any atom is -0.388 e. The van der Waals surface area contributed by atoms with Gasteiger partial charge in [-0.1, -0.05) is 12.8 Å². The summed E-state index contributed by atoms with van der Waals surface area (Å²) >= 11 is 1.45. The predicted octanol–water partition coefficient (Wildman–Crippen LogP) is 2.41. The molecule has 1 saturated carbocycles. The summed E-state index contributed by atoms with van der Waals surface area (Å²) in [6.07, 6.45) is 3.65. The highest BCUT2D eigenvalue weighted by Gasteiger charge is 2.33. The van der Waals surface area contributed by atoms with Crippen molar-refractivity contribution in [1.29, 1.82) is 5.26 Å². The fraction of sp³-hybridized carbons (Fsp3) is 0.500. The number of aliphatic hydroxyl groups is 1. The molecule has 1 aliphatic rings. The first-order valence-corrected chi connectivity index (χ1v) is 8.10. The minimum atomic E-state index is -0.691. The summed E-state index contributed by atoms with van der Waals surface area (Å²) in [7, 11) is 1.75. The van der Waals surface area contributed by atoms with Crippen LogP contribution in [0.3, 0.4) is 0 Å². The van der Waals surface area contributed by atoms with E-state index >= 15 is 0 Å². The predicted molar refractivity (Wildman–Crippen MR) is 82.9 cm³/mol. The van der Waals surface area contributed by atoms with Gasteiger partial charge in [-0.2, -0.15) is 5.26 Å². The summed E-state index contributed by atoms with van der Waals surface area (Å²) in [5.74, 6) is 0.364. The number of hydrogen-bond acceptors (Lipinski definition) is 4. The molecule has 0 atom stereocenters. The average Bonchev–Trinajstić information content (AvgIpc) is 2.91. The lowest BCUT2D eigenvalue weighted by atomic mass is 10.0. The van der Waals surface area contributed by atoms with Crippen LogP contribution in [0.15, 0.2) is 29.2 Å². The Bertz CT molecular complexity index is 530. The maximum atomic E-state index is 12.1. The van der Waals surface area contributed by atoms with E-state index in [0.29, 0.717) is 17.9 Å². The Kier molecular flexibility index (Phi) is 5.27. The molecule has 0 aliphatic heterocycles. The normalized spacial score (nSPS) is 16.4. The first-order chi connectivity index (χ1) is 10.0. The summed E-state index contributed by atoms with van der Waals surface area (Å²) < 4.78 is 0. The highest BCUT2D eigenvalue weighted by Crippen LogP contribution is 2.30. The van der Waals surface area contributed by atoms with Gasteiger partial charge in [-0.05, 0) is 37.1 Å². The van der Waals surface area contributed by atoms with Gasteiger partial charge in [0.05, 0.1) is 23.0 Å². The van der Waals surface area contributed by atoms with Crippen molar-refractivity contribution >= 4 is 17.7 Å². The Balaban J connectivity index is 1.81. The third kappa shape index (κ3) is 4.48. The third-order valence-electron chi connectivity index (χ3n) is 3.84. The van der Waals surface area contributed by atoms with Crippen molar-refractivity contribution in [1.82, 2.24) is 4.90 Å². The molecule has 0 bridgehead atoms. The summed E-state index contributed by atoms with van der Waals surface area (Å²) in [5.41, 5.74) is -0.0741. The van der Waals surface area contributed by atoms with Crippen molar-refractivity contribution in [3.05, 3.63) is 29.8 Å². The number of likely N-dealkylation sites (N-methyl/N-ethyl adjacent to an activating group) is 1. The second kappa shape index (κ2) is 6.97. The van der Waals surface area contributed by atoms with Gasteiger partial charge in [-0.3, -0.25) is 4.79 Å². The molecular weight excluding hydrogens is 284 g/mol. The van der Waals surface area contributed by atoms with Crippen LogP contribution in [-0.4, -0.2) is 40.9 Å². The standard InChI is InChI=1S/C16H20N2O2S/c1-18(12-16(20)8-2-3-9-16)15(19)11-21-14-6-4-13(10-17)5-7-14/h4-7,20H,2-3,8-9,11-12H2,1H3. The second-order valence-electron chi connectivity index (χ2n) is 5.61. The first-order valence-electron chi connectivity index (χ1n) is 7.12. The number of hydrogen-bond donors (Lipinski definition) is 1. The molecule has 0 aromatic heterocycles. The zero-order valence-corrected chi connectivity index (χ0v) is 13.0. The Hall–Kier alpha value is -1.51. The van der Waals surface area contributed by atoms with Crippen molar-refractivity contribution in [3.63, 3.8) is 0 Å². The lowest BCUT2D eigenvalue weighted by Gasteiger charge is -2.28. The highest BCUT2D eigenvalue weighted by atomic mass is 32.2. The summed E-state index contributed by atoms with van der Waals surface area (Å²) in [5, 5.41) is 19.1. The lowest BCUT2D eigenvalue weighted by molar-refractivity contribution is -0.130. The Morgan fingerprint density at radius 2 is 2.00 bits per heavy atom. The monoisotopic (exact) mass is 304 g/mol. The van der Waals surface area contributed by atoms with Gasteiger partial charge in [0, 0.05) is 18.5 Å². The van der Waals surface area contributed by atoms with E-state index in [1.807, 2.05) is 12.1 Å². The summed E-state index contributed by atoms with van der Waals surface area (Å²) in [6, 6.07) is 9.26. The number of benzene rings is 1. The Morgan fingerprint density at radius 3 is 2.57 bits per heavy atom. The number of nitriles is 1. The average molecular weight is 304 g/mol. The second-order valence-corrected chi connectivity index (χ2v) is 6.65. The molecule has 1 aliphatic carbocycles. The van der Waals surface area contributed by atoms with Crippen LogP contribution in [0.25, 0.3) is 0 Å². The molecule has 1 aromatic rings. The van der Waals surface area contributed by atoms with E-state index in [4.69, 9.17) is 5.26 Å². The zero-order chi connectivity index (χ0) is 15.3. The van der Waals surface area contributed by atoms with Crippen LogP contribution in [0.4, 0.5) is 0 Å². The molecule has 0 heterocycles. The number of carbonyl (C=O) groups excluding carboxylic acids is 1. The molecule has 4 nitrogen and oxygen atoms in total. The van der Waals surface area contributed by atoms with Crippen LogP contribution in [0.5, 0.6) is 0 Å². The molecule has 0 saturated heterocycles. The number of thioether (sulfide) groups is 1. The van der Waals surface area contributed by atoms with E-state index in [9.17, 15) is 9.90 Å². The lowest BCUT2D eigenvalue weighted by Crippen LogP contribution is -2.42. The Morgan fingerprint density at radius 1 is 1.38 bits per heavy atom. The molecule has 112 valence electrons. The van der Waals surface area contributed by atoms with Gasteiger partial charge in [0.25, 0.3) is 0 Å². The van der Waals surface area contributed by atoms with E-state index in [1.165, 1.54) is 11.8 Å². The molecule has 0 unspecified atom stereocenters. The van der Waals surface area contributed by atoms with Gasteiger partial charge in [0.1, 0.15) is 0 Å². The minimum absolute atomic E-state index is 0.0182. The smallest absolute Gasteiger partial charge is 0.232 e. The summed E-state index contributed by atoms with van der Waals surface area (Å²) in [4.78, 5) is 14.7. The molecule has 2 rings (SSSR count). The van der Waals surface area contributed by atoms with Crippen LogP contribution in [0.1, 0.15) is 31.2 Å². The Labute approximate surface area is 129 Å². The zero-order valence-electron chi connectivity index (χ0n) is 12.2. The van der Waals surface area contributed by atoms with E-state index in [1.54, 1.807) is 24.1 Å². The van der Waals surface area contributed by atoms with Crippen LogP contribution < -0.4 is 0 Å². The molecule has 0 radical (unpaired) electrons. The SMILES string of the molecule is CN(CC1(O)CCCC1)C(=O)CSc1ccc(C#N)cc1. The highest BCUT2D eigenvalue weighted by molar-refractivity contribution is 8.00. The van der Waals surface area contributed by atoms with E-state index in [0.717, 1.165) is 30.6 Å². The van der Waals surface area contributed by atoms with Crippen molar-refractivity contribution in [3.8, 4) is 6.07 Å². The molecular formula is C16H20N2O2S. The van der Waals surface area contributed by atoms with Crippen LogP contribution in [-0.2, 0) is 4.79 Å². The van der Waals surface area contributed by atoms with Crippen LogP contribution in [0.2, 0.25) is 0 Å². The van der Waals surface area contributed by atoms with Crippen molar-refractivity contribution in [2.24, 2.45) is 0 Å². The van der Waals surface area contributed by atoms with E-state index in [2.05, 4.69) is 6.07 Å². The van der Waals surface area contributed by atoms with E-state index < -0.39 is 5.60 Å².